The van der Waals surface area contributed by atoms with E-state index in [-0.39, 0.29) is 6.09 Å². The van der Waals surface area contributed by atoms with Crippen LogP contribution >= 0.6 is 0 Å². The number of carboxylic acid groups (broad SMARTS) is 4. The van der Waals surface area contributed by atoms with Gasteiger partial charge in [-0.15, -0.1) is 0 Å². The summed E-state index contributed by atoms with van der Waals surface area (Å²) < 4.78 is 5.35. The van der Waals surface area contributed by atoms with Crippen molar-refractivity contribution < 1.29 is 49.1 Å². The number of amides is 1. The minimum atomic E-state index is -1.82. The second kappa shape index (κ2) is 9.88. The summed E-state index contributed by atoms with van der Waals surface area (Å²) in [5.41, 5.74) is 0.103. The number of ether oxygens (including phenoxy) is 1. The van der Waals surface area contributed by atoms with Crippen molar-refractivity contribution in [2.24, 2.45) is 5.41 Å². The molecule has 0 radical (unpaired) electrons. The third kappa shape index (κ3) is 8.66. The molecular weight excluding hydrogens is 380 g/mol. The zero-order valence-corrected chi connectivity index (χ0v) is 16.1. The molecule has 1 aliphatic carbocycles. The molecule has 12 nitrogen and oxygen atoms in total. The summed E-state index contributed by atoms with van der Waals surface area (Å²) in [5, 5.41) is 32.9. The number of aliphatic carboxylic acids is 4. The molecule has 1 saturated heterocycles. The van der Waals surface area contributed by atoms with Gasteiger partial charge >= 0.3 is 30.0 Å². The average molecular weight is 406 g/mol. The number of hydrogen-bond acceptors (Lipinski definition) is 7. The molecule has 0 atom stereocenters. The van der Waals surface area contributed by atoms with E-state index < -0.39 is 29.5 Å². The molecule has 0 unspecified atom stereocenters. The maximum Gasteiger partial charge on any atom is 0.414 e. The molecule has 0 aromatic rings. The summed E-state index contributed by atoms with van der Waals surface area (Å²) in [4.78, 5) is 50.0. The molecule has 1 aliphatic heterocycles. The minimum absolute atomic E-state index is 0.195. The van der Waals surface area contributed by atoms with E-state index in [9.17, 15) is 4.79 Å². The van der Waals surface area contributed by atoms with E-state index in [1.165, 1.54) is 0 Å². The predicted molar refractivity (Wildman–Crippen MR) is 92.9 cm³/mol. The molecule has 2 aliphatic rings. The van der Waals surface area contributed by atoms with Crippen LogP contribution in [0.4, 0.5) is 4.79 Å². The Bertz CT molecular complexity index is 565. The van der Waals surface area contributed by atoms with Crippen LogP contribution in [0.1, 0.15) is 33.6 Å². The lowest BCUT2D eigenvalue weighted by atomic mass is 9.61. The Labute approximate surface area is 161 Å². The normalized spacial score (nSPS) is 16.6. The van der Waals surface area contributed by atoms with Crippen molar-refractivity contribution in [1.29, 1.82) is 0 Å². The van der Waals surface area contributed by atoms with Gasteiger partial charge in [0, 0.05) is 26.2 Å². The Morgan fingerprint density at radius 1 is 0.893 bits per heavy atom. The van der Waals surface area contributed by atoms with Crippen molar-refractivity contribution in [2.75, 3.05) is 20.1 Å². The first-order valence-corrected chi connectivity index (χ1v) is 8.19. The number of nitrogens with one attached hydrogen (secondary N) is 1. The molecule has 5 N–H and O–H groups in total. The van der Waals surface area contributed by atoms with Crippen LogP contribution in [0.2, 0.25) is 0 Å². The van der Waals surface area contributed by atoms with Crippen LogP contribution in [0.15, 0.2) is 0 Å². The van der Waals surface area contributed by atoms with E-state index in [0.717, 1.165) is 25.9 Å². The Morgan fingerprint density at radius 3 is 1.46 bits per heavy atom. The second-order valence-corrected chi connectivity index (χ2v) is 7.48. The molecule has 0 bridgehead atoms. The number of carbonyl (C=O) groups excluding carboxylic acids is 1. The van der Waals surface area contributed by atoms with Gasteiger partial charge in [-0.2, -0.15) is 0 Å². The van der Waals surface area contributed by atoms with Crippen LogP contribution in [-0.2, 0) is 23.9 Å². The van der Waals surface area contributed by atoms with Gasteiger partial charge in [0.1, 0.15) is 5.60 Å². The van der Waals surface area contributed by atoms with Crippen LogP contribution in [0.5, 0.6) is 0 Å². The lowest BCUT2D eigenvalue weighted by Gasteiger charge is -2.56. The summed E-state index contributed by atoms with van der Waals surface area (Å²) in [6.07, 6.45) is 2.05. The topological polar surface area (TPSA) is 191 Å². The lowest BCUT2D eigenvalue weighted by Crippen LogP contribution is -2.65. The standard InChI is InChI=1S/C12H22N2O2.2C2H2O4/c1-11(2,3)16-10(15)14(4)9-5-12(6-9)7-13-8-12;2*3-1(4)2(5)6/h9,13H,5-8H2,1-4H3;2*(H,3,4)(H,5,6). The van der Waals surface area contributed by atoms with Crippen molar-refractivity contribution in [3.05, 3.63) is 0 Å². The van der Waals surface area contributed by atoms with Crippen molar-refractivity contribution >= 4 is 30.0 Å². The molecule has 160 valence electrons. The van der Waals surface area contributed by atoms with Crippen molar-refractivity contribution in [1.82, 2.24) is 10.2 Å². The molecule has 0 aromatic carbocycles. The highest BCUT2D eigenvalue weighted by Crippen LogP contribution is 2.46. The molecule has 1 spiro atoms. The molecule has 1 heterocycles. The molecule has 1 amide bonds. The highest BCUT2D eigenvalue weighted by Gasteiger charge is 2.50. The Hall–Kier alpha value is -2.89. The molecule has 12 heteroatoms. The highest BCUT2D eigenvalue weighted by molar-refractivity contribution is 6.27. The maximum absolute atomic E-state index is 11.8. The third-order valence-corrected chi connectivity index (χ3v) is 3.93. The average Bonchev–Trinajstić information content (AvgIpc) is 2.43. The van der Waals surface area contributed by atoms with Crippen molar-refractivity contribution in [3.63, 3.8) is 0 Å². The Kier molecular flexibility index (Phi) is 8.86. The van der Waals surface area contributed by atoms with Crippen LogP contribution in [0.3, 0.4) is 0 Å². The van der Waals surface area contributed by atoms with Crippen LogP contribution in [0.25, 0.3) is 0 Å². The minimum Gasteiger partial charge on any atom is -0.473 e. The largest absolute Gasteiger partial charge is 0.473 e. The summed E-state index contributed by atoms with van der Waals surface area (Å²) in [6, 6.07) is 0.372. The molecule has 28 heavy (non-hydrogen) atoms. The van der Waals surface area contributed by atoms with Crippen molar-refractivity contribution in [2.45, 2.75) is 45.3 Å². The first-order chi connectivity index (χ1) is 12.6. The maximum atomic E-state index is 11.8. The van der Waals surface area contributed by atoms with Gasteiger partial charge in [0.05, 0.1) is 0 Å². The van der Waals surface area contributed by atoms with Crippen molar-refractivity contribution in [3.8, 4) is 0 Å². The first kappa shape index (κ1) is 25.1. The molecule has 0 aromatic heterocycles. The van der Waals surface area contributed by atoms with E-state index in [1.54, 1.807) is 4.90 Å². The molecule has 1 saturated carbocycles. The van der Waals surface area contributed by atoms with Gasteiger partial charge in [-0.1, -0.05) is 0 Å². The van der Waals surface area contributed by atoms with E-state index in [1.807, 2.05) is 27.8 Å². The van der Waals surface area contributed by atoms with Crippen LogP contribution in [0, 0.1) is 5.41 Å². The second-order valence-electron chi connectivity index (χ2n) is 7.48. The van der Waals surface area contributed by atoms with Gasteiger partial charge < -0.3 is 35.4 Å². The van der Waals surface area contributed by atoms with Gasteiger partial charge in [0.15, 0.2) is 0 Å². The fraction of sp³-hybridized carbons (Fsp3) is 0.688. The Morgan fingerprint density at radius 2 is 1.25 bits per heavy atom. The number of carbonyl (C=O) groups is 5. The number of hydrogen-bond donors (Lipinski definition) is 5. The fourth-order valence-corrected chi connectivity index (χ4v) is 2.46. The zero-order chi connectivity index (χ0) is 22.3. The van der Waals surface area contributed by atoms with Gasteiger partial charge in [0.25, 0.3) is 0 Å². The molecular formula is C16H26N2O10. The van der Waals surface area contributed by atoms with E-state index in [2.05, 4.69) is 5.32 Å². The van der Waals surface area contributed by atoms with Crippen LogP contribution < -0.4 is 5.32 Å². The van der Waals surface area contributed by atoms with E-state index in [0.29, 0.717) is 11.5 Å². The van der Waals surface area contributed by atoms with Gasteiger partial charge in [-0.3, -0.25) is 0 Å². The third-order valence-electron chi connectivity index (χ3n) is 3.93. The SMILES string of the molecule is CN(C(=O)OC(C)(C)C)C1CC2(CNC2)C1.O=C(O)C(=O)O.O=C(O)C(=O)O. The lowest BCUT2D eigenvalue weighted by molar-refractivity contribution is -0.159. The smallest absolute Gasteiger partial charge is 0.414 e. The number of carboxylic acids is 4. The summed E-state index contributed by atoms with van der Waals surface area (Å²) in [7, 11) is 1.84. The summed E-state index contributed by atoms with van der Waals surface area (Å²) >= 11 is 0. The molecule has 2 rings (SSSR count). The number of rotatable bonds is 1. The summed E-state index contributed by atoms with van der Waals surface area (Å²) in [6.45, 7) is 7.93. The molecule has 2 fully saturated rings. The zero-order valence-electron chi connectivity index (χ0n) is 16.1. The van der Waals surface area contributed by atoms with Crippen LogP contribution in [-0.4, -0.2) is 87.1 Å². The fourth-order valence-electron chi connectivity index (χ4n) is 2.46. The van der Waals surface area contributed by atoms with Gasteiger partial charge in [0.2, 0.25) is 0 Å². The predicted octanol–water partition coefficient (Wildman–Crippen LogP) is -0.0835. The number of nitrogens with zero attached hydrogens (tertiary/aromatic N) is 1. The first-order valence-electron chi connectivity index (χ1n) is 8.19. The Balaban J connectivity index is 0.000000505. The van der Waals surface area contributed by atoms with E-state index >= 15 is 0 Å². The quantitative estimate of drug-likeness (QED) is 0.366. The van der Waals surface area contributed by atoms with E-state index in [4.69, 9.17) is 44.3 Å². The van der Waals surface area contributed by atoms with Gasteiger partial charge in [-0.25, -0.2) is 24.0 Å². The summed E-state index contributed by atoms with van der Waals surface area (Å²) in [5.74, 6) is -7.30. The monoisotopic (exact) mass is 406 g/mol. The highest BCUT2D eigenvalue weighted by atomic mass is 16.6. The van der Waals surface area contributed by atoms with Gasteiger partial charge in [-0.05, 0) is 39.0 Å².